The van der Waals surface area contributed by atoms with Crippen LogP contribution in [0.2, 0.25) is 0 Å². The molecule has 0 aliphatic carbocycles. The predicted molar refractivity (Wildman–Crippen MR) is 213 cm³/mol. The summed E-state index contributed by atoms with van der Waals surface area (Å²) >= 11 is 0. The van der Waals surface area contributed by atoms with Gasteiger partial charge in [-0.25, -0.2) is 28.7 Å². The molecular weight excluding hydrogens is 776 g/mol. The lowest BCUT2D eigenvalue weighted by atomic mass is 9.89. The molecule has 10 heterocycles. The minimum Gasteiger partial charge on any atom is -0.378 e. The second-order valence-electron chi connectivity index (χ2n) is 16.1. The molecule has 4 aromatic heterocycles. The Morgan fingerprint density at radius 1 is 0.797 bits per heavy atom. The monoisotopic (exact) mass is 820 g/mol. The van der Waals surface area contributed by atoms with Crippen molar-refractivity contribution in [3.8, 4) is 0 Å². The number of piperazine rings is 2. The molecule has 6 fully saturated rings. The number of aromatic nitrogens is 4. The van der Waals surface area contributed by atoms with Gasteiger partial charge >= 0.3 is 6.18 Å². The van der Waals surface area contributed by atoms with Crippen LogP contribution < -0.4 is 40.9 Å². The SMILES string of the molecule is FC(F)c1ccc(Nc2cc(N3CC4CC3CN4)cc(N3CC4(c5cc(Nc6cc(N7CCNCC7)cc(N7CCOCC7)n6)ncc5C(F)(F)F)CC3CO4)n2)nc1. The third kappa shape index (κ3) is 7.53. The molecule has 4 N–H and O–H groups in total. The van der Waals surface area contributed by atoms with Crippen LogP contribution in [-0.4, -0.2) is 117 Å². The van der Waals surface area contributed by atoms with Crippen LogP contribution >= 0.6 is 0 Å². The molecule has 10 rings (SSSR count). The maximum atomic E-state index is 14.9. The van der Waals surface area contributed by atoms with Gasteiger partial charge in [-0.05, 0) is 24.6 Å². The molecule has 4 bridgehead atoms. The molecule has 4 unspecified atom stereocenters. The largest absolute Gasteiger partial charge is 0.418 e. The normalized spacial score (nSPS) is 25.4. The van der Waals surface area contributed by atoms with Crippen LogP contribution in [0, 0.1) is 0 Å². The molecule has 4 aromatic rings. The topological polar surface area (TPSA) is 131 Å². The van der Waals surface area contributed by atoms with E-state index in [2.05, 4.69) is 52.0 Å². The van der Waals surface area contributed by atoms with Gasteiger partial charge in [0.05, 0.1) is 38.0 Å². The van der Waals surface area contributed by atoms with E-state index in [0.29, 0.717) is 62.0 Å². The standard InChI is InChI=1S/C40H45F5N12O2/c41-38(42)24-1-2-32(48-18-24)50-35-13-27(56-21-25-11-28(56)19-47-25)15-37(53-35)57-23-39(17-29(57)22-59-39)30-16-33(49-20-31(30)40(43,44)45)51-34-12-26(54-5-3-46-4-6-54)14-36(52-34)55-7-9-58-10-8-55/h1-2,12-16,18,20,25,28-29,38,46-47H,3-11,17,19,21-23H2,(H,48,50,53)(H,49,51,52). The molecule has 14 nitrogen and oxygen atoms in total. The smallest absolute Gasteiger partial charge is 0.378 e. The minimum absolute atomic E-state index is 0.0000813. The van der Waals surface area contributed by atoms with Crippen LogP contribution in [0.25, 0.3) is 0 Å². The molecule has 0 spiro atoms. The molecule has 6 aliphatic heterocycles. The van der Waals surface area contributed by atoms with Crippen molar-refractivity contribution in [1.82, 2.24) is 30.6 Å². The van der Waals surface area contributed by atoms with E-state index in [9.17, 15) is 22.0 Å². The maximum absolute atomic E-state index is 14.9. The average molecular weight is 821 g/mol. The molecule has 4 atom stereocenters. The first-order valence-electron chi connectivity index (χ1n) is 20.2. The van der Waals surface area contributed by atoms with E-state index in [4.69, 9.17) is 19.4 Å². The van der Waals surface area contributed by atoms with Crippen LogP contribution in [0.1, 0.15) is 36.0 Å². The summed E-state index contributed by atoms with van der Waals surface area (Å²) in [7, 11) is 0. The summed E-state index contributed by atoms with van der Waals surface area (Å²) in [5.41, 5.74) is -0.482. The van der Waals surface area contributed by atoms with E-state index in [1.165, 1.54) is 18.2 Å². The van der Waals surface area contributed by atoms with Gasteiger partial charge in [-0.2, -0.15) is 13.2 Å². The van der Waals surface area contributed by atoms with Crippen molar-refractivity contribution in [2.75, 3.05) is 109 Å². The van der Waals surface area contributed by atoms with E-state index in [1.807, 2.05) is 23.1 Å². The Kier molecular flexibility index (Phi) is 9.80. The number of pyridine rings is 4. The van der Waals surface area contributed by atoms with Crippen molar-refractivity contribution < 1.29 is 31.4 Å². The van der Waals surface area contributed by atoms with E-state index in [1.54, 1.807) is 0 Å². The summed E-state index contributed by atoms with van der Waals surface area (Å²) in [5, 5.41) is 13.3. The highest BCUT2D eigenvalue weighted by Crippen LogP contribution is 2.51. The van der Waals surface area contributed by atoms with E-state index in [-0.39, 0.29) is 42.2 Å². The highest BCUT2D eigenvalue weighted by Gasteiger charge is 2.55. The lowest BCUT2D eigenvalue weighted by molar-refractivity contribution is -0.141. The van der Waals surface area contributed by atoms with Crippen molar-refractivity contribution in [1.29, 1.82) is 0 Å². The number of alkyl halides is 5. The summed E-state index contributed by atoms with van der Waals surface area (Å²) in [5.74, 6) is 2.82. The number of anilines is 8. The third-order valence-corrected chi connectivity index (χ3v) is 12.3. The van der Waals surface area contributed by atoms with E-state index < -0.39 is 23.8 Å². The number of nitrogens with zero attached hydrogens (tertiary/aromatic N) is 8. The summed E-state index contributed by atoms with van der Waals surface area (Å²) in [6, 6.07) is 12.5. The fourth-order valence-corrected chi connectivity index (χ4v) is 9.39. The zero-order valence-electron chi connectivity index (χ0n) is 32.2. The average Bonchev–Trinajstić information content (AvgIpc) is 4.07. The summed E-state index contributed by atoms with van der Waals surface area (Å²) in [4.78, 5) is 27.1. The Hall–Kier alpha value is -5.11. The summed E-state index contributed by atoms with van der Waals surface area (Å²) in [6.07, 6.45) is -4.02. The third-order valence-electron chi connectivity index (χ3n) is 12.3. The molecule has 0 aromatic carbocycles. The quantitative estimate of drug-likeness (QED) is 0.160. The fraction of sp³-hybridized carbons (Fsp3) is 0.500. The number of hydrogen-bond donors (Lipinski definition) is 4. The Morgan fingerprint density at radius 2 is 1.54 bits per heavy atom. The summed E-state index contributed by atoms with van der Waals surface area (Å²) < 4.78 is 83.2. The Bertz CT molecular complexity index is 2130. The number of halogens is 5. The van der Waals surface area contributed by atoms with Crippen LogP contribution in [0.5, 0.6) is 0 Å². The van der Waals surface area contributed by atoms with Crippen molar-refractivity contribution in [3.63, 3.8) is 0 Å². The van der Waals surface area contributed by atoms with Gasteiger partial charge in [0.25, 0.3) is 6.43 Å². The molecule has 19 heteroatoms. The highest BCUT2D eigenvalue weighted by atomic mass is 19.4. The lowest BCUT2D eigenvalue weighted by Gasteiger charge is -2.36. The number of morpholine rings is 2. The number of rotatable bonds is 10. The van der Waals surface area contributed by atoms with Crippen molar-refractivity contribution in [2.45, 2.75) is 49.2 Å². The van der Waals surface area contributed by atoms with Crippen molar-refractivity contribution in [2.24, 2.45) is 0 Å². The van der Waals surface area contributed by atoms with Gasteiger partial charge in [-0.3, -0.25) is 0 Å². The maximum Gasteiger partial charge on any atom is 0.418 e. The zero-order chi connectivity index (χ0) is 40.3. The second-order valence-corrected chi connectivity index (χ2v) is 16.1. The van der Waals surface area contributed by atoms with E-state index in [0.717, 1.165) is 75.3 Å². The first-order valence-corrected chi connectivity index (χ1v) is 20.2. The van der Waals surface area contributed by atoms with Crippen LogP contribution in [-0.2, 0) is 21.3 Å². The van der Waals surface area contributed by atoms with Gasteiger partial charge in [-0.15, -0.1) is 0 Å². The summed E-state index contributed by atoms with van der Waals surface area (Å²) in [6.45, 7) is 7.76. The minimum atomic E-state index is -4.69. The Labute approximate surface area is 337 Å². The van der Waals surface area contributed by atoms with Gasteiger partial charge in [0, 0.05) is 130 Å². The van der Waals surface area contributed by atoms with Crippen molar-refractivity contribution in [3.05, 3.63) is 71.5 Å². The Morgan fingerprint density at radius 3 is 2.25 bits per heavy atom. The first-order chi connectivity index (χ1) is 28.6. The van der Waals surface area contributed by atoms with Crippen LogP contribution in [0.3, 0.4) is 0 Å². The van der Waals surface area contributed by atoms with Crippen LogP contribution in [0.4, 0.5) is 68.2 Å². The molecule has 6 saturated heterocycles. The van der Waals surface area contributed by atoms with Gasteiger partial charge in [-0.1, -0.05) is 0 Å². The van der Waals surface area contributed by atoms with E-state index >= 15 is 0 Å². The number of hydrogen-bond acceptors (Lipinski definition) is 14. The van der Waals surface area contributed by atoms with Gasteiger partial charge in [0.15, 0.2) is 0 Å². The van der Waals surface area contributed by atoms with Gasteiger partial charge in [0.1, 0.15) is 40.5 Å². The van der Waals surface area contributed by atoms with Crippen LogP contribution in [0.15, 0.2) is 54.9 Å². The Balaban J connectivity index is 0.975. The molecule has 59 heavy (non-hydrogen) atoms. The number of ether oxygens (including phenoxy) is 2. The molecular formula is C40H45F5N12O2. The zero-order valence-corrected chi connectivity index (χ0v) is 32.2. The first kappa shape index (κ1) is 38.1. The molecule has 0 amide bonds. The molecule has 312 valence electrons. The predicted octanol–water partition coefficient (Wildman–Crippen LogP) is 5.01. The fourth-order valence-electron chi connectivity index (χ4n) is 9.39. The number of fused-ring (bicyclic) bond motifs is 4. The second kappa shape index (κ2) is 15.2. The van der Waals surface area contributed by atoms with Crippen molar-refractivity contribution >= 4 is 46.3 Å². The highest BCUT2D eigenvalue weighted by molar-refractivity contribution is 5.69. The lowest BCUT2D eigenvalue weighted by Crippen LogP contribution is -2.44. The molecule has 0 saturated carbocycles. The molecule has 6 aliphatic rings. The number of nitrogens with one attached hydrogen (secondary N) is 4. The van der Waals surface area contributed by atoms with Gasteiger partial charge in [0.2, 0.25) is 0 Å². The van der Waals surface area contributed by atoms with Gasteiger partial charge < -0.3 is 50.3 Å². The molecule has 0 radical (unpaired) electrons.